The summed E-state index contributed by atoms with van der Waals surface area (Å²) >= 11 is 0. The van der Waals surface area contributed by atoms with Crippen LogP contribution in [0.15, 0.2) is 0 Å². The minimum Gasteiger partial charge on any atom is -0.0651 e. The maximum Gasteiger partial charge on any atom is -0.0213 e. The van der Waals surface area contributed by atoms with E-state index in [4.69, 9.17) is 0 Å². The summed E-state index contributed by atoms with van der Waals surface area (Å²) in [5.41, 5.74) is 0.641. The maximum absolute atomic E-state index is 2.49. The third-order valence-electron chi connectivity index (χ3n) is 5.39. The summed E-state index contributed by atoms with van der Waals surface area (Å²) in [5, 5.41) is 0. The lowest BCUT2D eigenvalue weighted by Crippen LogP contribution is -2.54. The van der Waals surface area contributed by atoms with Crippen molar-refractivity contribution in [2.45, 2.75) is 61.3 Å². The molecule has 0 radical (unpaired) electrons. The van der Waals surface area contributed by atoms with Crippen LogP contribution in [0.4, 0.5) is 0 Å². The maximum atomic E-state index is 2.49. The van der Waals surface area contributed by atoms with Gasteiger partial charge < -0.3 is 0 Å². The molecule has 1 saturated carbocycles. The summed E-state index contributed by atoms with van der Waals surface area (Å²) in [6.45, 7) is 17.0. The van der Waals surface area contributed by atoms with E-state index in [1.165, 1.54) is 12.8 Å². The van der Waals surface area contributed by atoms with Gasteiger partial charge in [0.1, 0.15) is 0 Å². The van der Waals surface area contributed by atoms with Crippen LogP contribution in [0.3, 0.4) is 0 Å². The van der Waals surface area contributed by atoms with Crippen molar-refractivity contribution in [3.05, 3.63) is 0 Å². The van der Waals surface area contributed by atoms with Gasteiger partial charge in [0.2, 0.25) is 0 Å². The third-order valence-corrected chi connectivity index (χ3v) is 5.39. The Morgan fingerprint density at radius 2 is 1.67 bits per heavy atom. The molecule has 0 aromatic heterocycles. The first-order valence-electron chi connectivity index (χ1n) is 6.87. The minimum atomic E-state index is 0.641. The molecule has 0 N–H and O–H groups in total. The van der Waals surface area contributed by atoms with Crippen molar-refractivity contribution < 1.29 is 0 Å². The van der Waals surface area contributed by atoms with Crippen molar-refractivity contribution >= 4 is 0 Å². The molecule has 1 aliphatic carbocycles. The lowest BCUT2D eigenvalue weighted by atomic mass is 9.44. The number of hydrogen-bond acceptors (Lipinski definition) is 0. The van der Waals surface area contributed by atoms with Crippen LogP contribution < -0.4 is 0 Å². The van der Waals surface area contributed by atoms with Gasteiger partial charge in [0.15, 0.2) is 0 Å². The van der Waals surface area contributed by atoms with Crippen LogP contribution in [-0.4, -0.2) is 0 Å². The van der Waals surface area contributed by atoms with Crippen LogP contribution in [0.1, 0.15) is 61.3 Å². The van der Waals surface area contributed by atoms with Crippen molar-refractivity contribution in [3.63, 3.8) is 0 Å². The second kappa shape index (κ2) is 4.47. The zero-order valence-corrected chi connectivity index (χ0v) is 11.8. The monoisotopic (exact) mass is 210 g/mol. The molecule has 0 amide bonds. The Kier molecular flexibility index (Phi) is 3.90. The summed E-state index contributed by atoms with van der Waals surface area (Å²) in [6, 6.07) is 0. The second-order valence-electron chi connectivity index (χ2n) is 6.50. The molecular weight excluding hydrogens is 180 g/mol. The van der Waals surface area contributed by atoms with Gasteiger partial charge in [-0.1, -0.05) is 54.9 Å². The first kappa shape index (κ1) is 13.1. The zero-order valence-electron chi connectivity index (χ0n) is 11.8. The Morgan fingerprint density at radius 1 is 1.13 bits per heavy atom. The lowest BCUT2D eigenvalue weighted by Gasteiger charge is -2.61. The number of rotatable bonds is 4. The van der Waals surface area contributed by atoms with Crippen LogP contribution in [0.2, 0.25) is 0 Å². The van der Waals surface area contributed by atoms with Gasteiger partial charge in [-0.2, -0.15) is 0 Å². The Bertz CT molecular complexity index is 204. The Labute approximate surface area is 96.8 Å². The molecule has 0 aliphatic heterocycles. The first-order chi connectivity index (χ1) is 6.87. The third kappa shape index (κ3) is 1.85. The topological polar surface area (TPSA) is 0 Å². The fraction of sp³-hybridized carbons (Fsp3) is 1.00. The Balaban J connectivity index is 2.92. The molecule has 0 heteroatoms. The highest BCUT2D eigenvalue weighted by atomic mass is 14.6. The van der Waals surface area contributed by atoms with Gasteiger partial charge in [-0.05, 0) is 41.4 Å². The van der Waals surface area contributed by atoms with Crippen LogP contribution in [0.25, 0.3) is 0 Å². The van der Waals surface area contributed by atoms with Crippen LogP contribution in [-0.2, 0) is 0 Å². The fourth-order valence-electron chi connectivity index (χ4n) is 4.44. The molecule has 90 valence electrons. The average Bonchev–Trinajstić information content (AvgIpc) is 2.15. The fourth-order valence-corrected chi connectivity index (χ4v) is 4.44. The van der Waals surface area contributed by atoms with E-state index in [-0.39, 0.29) is 0 Å². The van der Waals surface area contributed by atoms with Crippen LogP contribution in [0.5, 0.6) is 0 Å². The molecule has 1 rings (SSSR count). The molecular formula is C15H30. The highest BCUT2D eigenvalue weighted by Gasteiger charge is 2.55. The molecule has 0 aromatic rings. The predicted octanol–water partition coefficient (Wildman–Crippen LogP) is 4.99. The highest BCUT2D eigenvalue weighted by Crippen LogP contribution is 2.62. The molecule has 0 bridgehead atoms. The van der Waals surface area contributed by atoms with E-state index < -0.39 is 0 Å². The van der Waals surface area contributed by atoms with Crippen molar-refractivity contribution in [1.82, 2.24) is 0 Å². The van der Waals surface area contributed by atoms with Gasteiger partial charge >= 0.3 is 0 Å². The molecule has 15 heavy (non-hydrogen) atoms. The summed E-state index contributed by atoms with van der Waals surface area (Å²) < 4.78 is 0. The summed E-state index contributed by atoms with van der Waals surface area (Å²) in [5.74, 6) is 4.47. The van der Waals surface area contributed by atoms with Crippen molar-refractivity contribution in [2.75, 3.05) is 0 Å². The molecule has 0 spiro atoms. The molecule has 1 aliphatic rings. The molecule has 4 unspecified atom stereocenters. The van der Waals surface area contributed by atoms with E-state index in [1.807, 2.05) is 0 Å². The van der Waals surface area contributed by atoms with E-state index in [9.17, 15) is 0 Å². The van der Waals surface area contributed by atoms with Crippen LogP contribution in [0, 0.1) is 35.0 Å². The van der Waals surface area contributed by atoms with Gasteiger partial charge in [0.05, 0.1) is 0 Å². The normalized spacial score (nSPS) is 38.2. The second-order valence-corrected chi connectivity index (χ2v) is 6.50. The van der Waals surface area contributed by atoms with Crippen LogP contribution >= 0.6 is 0 Å². The van der Waals surface area contributed by atoms with Crippen molar-refractivity contribution in [1.29, 1.82) is 0 Å². The largest absolute Gasteiger partial charge is 0.0651 e. The van der Waals surface area contributed by atoms with Gasteiger partial charge in [-0.3, -0.25) is 0 Å². The Morgan fingerprint density at radius 3 is 1.87 bits per heavy atom. The lowest BCUT2D eigenvalue weighted by molar-refractivity contribution is -0.126. The van der Waals surface area contributed by atoms with E-state index in [0.29, 0.717) is 5.41 Å². The molecule has 0 saturated heterocycles. The van der Waals surface area contributed by atoms with E-state index >= 15 is 0 Å². The van der Waals surface area contributed by atoms with Gasteiger partial charge in [0.25, 0.3) is 0 Å². The zero-order chi connectivity index (χ0) is 11.8. The smallest absolute Gasteiger partial charge is 0.0213 e. The molecule has 0 aromatic carbocycles. The van der Waals surface area contributed by atoms with E-state index in [0.717, 1.165) is 29.6 Å². The standard InChI is InChI=1S/C15H30/c1-8-14(10(2)3)15(11(4)5)9-12(6)13(15)7/h10-14H,8-9H2,1-7H3. The quantitative estimate of drug-likeness (QED) is 0.613. The highest BCUT2D eigenvalue weighted by molar-refractivity contribution is 5.03. The molecule has 1 fully saturated rings. The summed E-state index contributed by atoms with van der Waals surface area (Å²) in [6.07, 6.45) is 2.81. The van der Waals surface area contributed by atoms with Gasteiger partial charge in [-0.25, -0.2) is 0 Å². The van der Waals surface area contributed by atoms with Crippen molar-refractivity contribution in [3.8, 4) is 0 Å². The molecule has 4 atom stereocenters. The number of hydrogen-bond donors (Lipinski definition) is 0. The minimum absolute atomic E-state index is 0.641. The SMILES string of the molecule is CCC(C(C)C)C1(C(C)C)CC(C)C1C. The van der Waals surface area contributed by atoms with Crippen molar-refractivity contribution in [2.24, 2.45) is 35.0 Å². The van der Waals surface area contributed by atoms with Gasteiger partial charge in [-0.15, -0.1) is 0 Å². The van der Waals surface area contributed by atoms with Gasteiger partial charge in [0, 0.05) is 0 Å². The summed E-state index contributed by atoms with van der Waals surface area (Å²) in [7, 11) is 0. The summed E-state index contributed by atoms with van der Waals surface area (Å²) in [4.78, 5) is 0. The Hall–Kier alpha value is 0. The first-order valence-corrected chi connectivity index (χ1v) is 6.87. The average molecular weight is 210 g/mol. The molecule has 0 nitrogen and oxygen atoms in total. The van der Waals surface area contributed by atoms with E-state index in [2.05, 4.69) is 48.5 Å². The van der Waals surface area contributed by atoms with E-state index in [1.54, 1.807) is 0 Å². The predicted molar refractivity (Wildman–Crippen MR) is 68.8 cm³/mol. The molecule has 0 heterocycles.